The second kappa shape index (κ2) is 8.23. The molecule has 0 saturated heterocycles. The number of nitrogens with one attached hydrogen (secondary N) is 1. The van der Waals surface area contributed by atoms with Crippen LogP contribution in [0.1, 0.15) is 20.7 Å². The number of ether oxygens (including phenoxy) is 2. The highest BCUT2D eigenvalue weighted by Crippen LogP contribution is 2.05. The molecule has 19 heavy (non-hydrogen) atoms. The van der Waals surface area contributed by atoms with Gasteiger partial charge in [-0.2, -0.15) is 0 Å². The van der Waals surface area contributed by atoms with E-state index in [-0.39, 0.29) is 11.5 Å². The summed E-state index contributed by atoms with van der Waals surface area (Å²) in [4.78, 5) is 22.5. The van der Waals surface area contributed by atoms with Crippen LogP contribution in [0.2, 0.25) is 0 Å². The van der Waals surface area contributed by atoms with Gasteiger partial charge in [-0.1, -0.05) is 6.07 Å². The number of methoxy groups -OCH3 is 1. The number of carboxylic acid groups (broad SMARTS) is 1. The van der Waals surface area contributed by atoms with Crippen molar-refractivity contribution in [2.45, 2.75) is 0 Å². The molecule has 1 aromatic carbocycles. The van der Waals surface area contributed by atoms with Crippen molar-refractivity contribution in [2.24, 2.45) is 0 Å². The molecule has 1 amide bonds. The monoisotopic (exact) mass is 267 g/mol. The number of carboxylic acids is 1. The van der Waals surface area contributed by atoms with Gasteiger partial charge < -0.3 is 19.9 Å². The van der Waals surface area contributed by atoms with Gasteiger partial charge in [0.1, 0.15) is 0 Å². The van der Waals surface area contributed by atoms with Crippen LogP contribution in [0.5, 0.6) is 0 Å². The number of carbonyl (C=O) groups excluding carboxylic acids is 1. The summed E-state index contributed by atoms with van der Waals surface area (Å²) in [5, 5.41) is 11.5. The van der Waals surface area contributed by atoms with Crippen molar-refractivity contribution in [3.63, 3.8) is 0 Å². The van der Waals surface area contributed by atoms with Crippen molar-refractivity contribution >= 4 is 11.9 Å². The highest BCUT2D eigenvalue weighted by atomic mass is 16.5. The molecule has 1 rings (SSSR count). The van der Waals surface area contributed by atoms with Crippen molar-refractivity contribution in [1.29, 1.82) is 0 Å². The molecule has 0 aromatic heterocycles. The first kappa shape index (κ1) is 15.1. The second-order valence-electron chi connectivity index (χ2n) is 3.75. The fourth-order valence-electron chi connectivity index (χ4n) is 1.38. The Morgan fingerprint density at radius 3 is 2.63 bits per heavy atom. The van der Waals surface area contributed by atoms with Gasteiger partial charge in [0.25, 0.3) is 5.91 Å². The van der Waals surface area contributed by atoms with E-state index in [2.05, 4.69) is 5.32 Å². The maximum atomic E-state index is 11.7. The molecule has 0 fully saturated rings. The van der Waals surface area contributed by atoms with Gasteiger partial charge in [0.05, 0.1) is 25.4 Å². The molecule has 0 heterocycles. The van der Waals surface area contributed by atoms with E-state index in [4.69, 9.17) is 14.6 Å². The number of aromatic carboxylic acids is 1. The number of benzene rings is 1. The van der Waals surface area contributed by atoms with Crippen molar-refractivity contribution in [1.82, 2.24) is 5.32 Å². The summed E-state index contributed by atoms with van der Waals surface area (Å²) in [5.74, 6) is -1.38. The summed E-state index contributed by atoms with van der Waals surface area (Å²) in [6, 6.07) is 5.87. The number of hydrogen-bond donors (Lipinski definition) is 2. The lowest BCUT2D eigenvalue weighted by Gasteiger charge is -2.06. The Hall–Kier alpha value is -1.92. The zero-order valence-corrected chi connectivity index (χ0v) is 10.7. The Morgan fingerprint density at radius 2 is 1.95 bits per heavy atom. The van der Waals surface area contributed by atoms with Crippen LogP contribution in [0.15, 0.2) is 24.3 Å². The summed E-state index contributed by atoms with van der Waals surface area (Å²) in [5.41, 5.74) is 0.404. The molecule has 0 bridgehead atoms. The van der Waals surface area contributed by atoms with Crippen LogP contribution in [0.4, 0.5) is 0 Å². The highest BCUT2D eigenvalue weighted by molar-refractivity contribution is 5.97. The van der Waals surface area contributed by atoms with Crippen LogP contribution in [0.25, 0.3) is 0 Å². The molecular weight excluding hydrogens is 250 g/mol. The van der Waals surface area contributed by atoms with Gasteiger partial charge in [0, 0.05) is 19.2 Å². The van der Waals surface area contributed by atoms with Crippen molar-refractivity contribution in [3.05, 3.63) is 35.4 Å². The third kappa shape index (κ3) is 5.50. The van der Waals surface area contributed by atoms with E-state index in [1.54, 1.807) is 13.2 Å². The molecule has 0 radical (unpaired) electrons. The normalized spacial score (nSPS) is 10.2. The molecule has 104 valence electrons. The van der Waals surface area contributed by atoms with Gasteiger partial charge in [-0.05, 0) is 18.2 Å². The lowest BCUT2D eigenvalue weighted by molar-refractivity contribution is 0.0692. The summed E-state index contributed by atoms with van der Waals surface area (Å²) in [7, 11) is 1.58. The van der Waals surface area contributed by atoms with E-state index in [9.17, 15) is 9.59 Å². The fourth-order valence-corrected chi connectivity index (χ4v) is 1.38. The molecule has 2 N–H and O–H groups in total. The smallest absolute Gasteiger partial charge is 0.335 e. The average Bonchev–Trinajstić information content (AvgIpc) is 2.42. The largest absolute Gasteiger partial charge is 0.478 e. The minimum atomic E-state index is -1.06. The number of carbonyl (C=O) groups is 2. The van der Waals surface area contributed by atoms with E-state index < -0.39 is 5.97 Å². The maximum absolute atomic E-state index is 11.7. The van der Waals surface area contributed by atoms with Gasteiger partial charge in [-0.3, -0.25) is 4.79 Å². The molecule has 0 unspecified atom stereocenters. The van der Waals surface area contributed by atoms with Crippen molar-refractivity contribution < 1.29 is 24.2 Å². The van der Waals surface area contributed by atoms with Gasteiger partial charge in [0.2, 0.25) is 0 Å². The maximum Gasteiger partial charge on any atom is 0.335 e. The summed E-state index contributed by atoms with van der Waals surface area (Å²) < 4.78 is 9.99. The van der Waals surface area contributed by atoms with E-state index in [0.29, 0.717) is 31.9 Å². The number of amides is 1. The predicted molar refractivity (Wildman–Crippen MR) is 68.4 cm³/mol. The van der Waals surface area contributed by atoms with Gasteiger partial charge in [-0.15, -0.1) is 0 Å². The third-order valence-corrected chi connectivity index (χ3v) is 2.34. The molecule has 0 aliphatic heterocycles. The lowest BCUT2D eigenvalue weighted by Crippen LogP contribution is -2.27. The average molecular weight is 267 g/mol. The molecule has 6 heteroatoms. The summed E-state index contributed by atoms with van der Waals surface area (Å²) in [6.07, 6.45) is 0. The standard InChI is InChI=1S/C13H17NO5/c1-18-7-8-19-6-5-14-12(15)10-3-2-4-11(9-10)13(16)17/h2-4,9H,5-8H2,1H3,(H,14,15)(H,16,17). The Balaban J connectivity index is 2.37. The first-order chi connectivity index (χ1) is 9.15. The fraction of sp³-hybridized carbons (Fsp3) is 0.385. The molecule has 0 aliphatic carbocycles. The van der Waals surface area contributed by atoms with Crippen LogP contribution >= 0.6 is 0 Å². The van der Waals surface area contributed by atoms with Gasteiger partial charge in [-0.25, -0.2) is 4.79 Å². The first-order valence-electron chi connectivity index (χ1n) is 5.83. The zero-order valence-electron chi connectivity index (χ0n) is 10.7. The van der Waals surface area contributed by atoms with Crippen LogP contribution in [-0.4, -0.2) is 50.5 Å². The Bertz CT molecular complexity index is 433. The second-order valence-corrected chi connectivity index (χ2v) is 3.75. The van der Waals surface area contributed by atoms with E-state index >= 15 is 0 Å². The lowest BCUT2D eigenvalue weighted by atomic mass is 10.1. The molecule has 0 saturated carbocycles. The SMILES string of the molecule is COCCOCCNC(=O)c1cccc(C(=O)O)c1. The molecule has 6 nitrogen and oxygen atoms in total. The van der Waals surface area contributed by atoms with Gasteiger partial charge in [0.15, 0.2) is 0 Å². The van der Waals surface area contributed by atoms with Crippen LogP contribution in [0, 0.1) is 0 Å². The third-order valence-electron chi connectivity index (χ3n) is 2.34. The minimum Gasteiger partial charge on any atom is -0.478 e. The van der Waals surface area contributed by atoms with E-state index in [0.717, 1.165) is 0 Å². The molecule has 1 aromatic rings. The van der Waals surface area contributed by atoms with Crippen molar-refractivity contribution in [2.75, 3.05) is 33.5 Å². The van der Waals surface area contributed by atoms with Crippen LogP contribution in [0.3, 0.4) is 0 Å². The summed E-state index contributed by atoms with van der Waals surface area (Å²) >= 11 is 0. The molecule has 0 aliphatic rings. The van der Waals surface area contributed by atoms with Crippen LogP contribution in [-0.2, 0) is 9.47 Å². The quantitative estimate of drug-likeness (QED) is 0.680. The van der Waals surface area contributed by atoms with Crippen molar-refractivity contribution in [3.8, 4) is 0 Å². The van der Waals surface area contributed by atoms with E-state index in [1.807, 2.05) is 0 Å². The van der Waals surface area contributed by atoms with E-state index in [1.165, 1.54) is 18.2 Å². The zero-order chi connectivity index (χ0) is 14.1. The molecular formula is C13H17NO5. The Labute approximate surface area is 111 Å². The minimum absolute atomic E-state index is 0.0870. The Kier molecular flexibility index (Phi) is 6.56. The van der Waals surface area contributed by atoms with Gasteiger partial charge >= 0.3 is 5.97 Å². The van der Waals surface area contributed by atoms with Crippen LogP contribution < -0.4 is 5.32 Å². The number of rotatable bonds is 8. The highest BCUT2D eigenvalue weighted by Gasteiger charge is 2.08. The topological polar surface area (TPSA) is 84.9 Å². The first-order valence-corrected chi connectivity index (χ1v) is 5.83. The molecule has 0 spiro atoms. The molecule has 0 atom stereocenters. The predicted octanol–water partition coefficient (Wildman–Crippen LogP) is 0.778. The summed E-state index contributed by atoms with van der Waals surface area (Å²) in [6.45, 7) is 1.73. The number of hydrogen-bond acceptors (Lipinski definition) is 4. The Morgan fingerprint density at radius 1 is 1.21 bits per heavy atom.